The van der Waals surface area contributed by atoms with Crippen LogP contribution in [0.3, 0.4) is 0 Å². The summed E-state index contributed by atoms with van der Waals surface area (Å²) in [5.74, 6) is 1.74. The summed E-state index contributed by atoms with van der Waals surface area (Å²) in [7, 11) is 0. The van der Waals surface area contributed by atoms with Crippen molar-refractivity contribution < 1.29 is 38.1 Å². The van der Waals surface area contributed by atoms with Crippen molar-refractivity contribution in [1.29, 1.82) is 0 Å². The van der Waals surface area contributed by atoms with E-state index in [0.717, 1.165) is 45.3 Å². The van der Waals surface area contributed by atoms with Gasteiger partial charge in [0.2, 0.25) is 0 Å². The zero-order valence-corrected chi connectivity index (χ0v) is 35.5. The molecule has 7 rings (SSSR count). The van der Waals surface area contributed by atoms with Crippen LogP contribution in [-0.2, 0) is 28.6 Å². The van der Waals surface area contributed by atoms with Gasteiger partial charge < -0.3 is 23.7 Å². The van der Waals surface area contributed by atoms with Crippen molar-refractivity contribution in [2.24, 2.45) is 56.7 Å². The van der Waals surface area contributed by atoms with Crippen molar-refractivity contribution in [3.8, 4) is 11.5 Å². The highest BCUT2D eigenvalue weighted by atomic mass is 16.7. The molecule has 6 aliphatic rings. The molecule has 5 aliphatic carbocycles. The fourth-order valence-corrected chi connectivity index (χ4v) is 14.3. The van der Waals surface area contributed by atoms with Gasteiger partial charge in [-0.1, -0.05) is 52.8 Å². The Morgan fingerprint density at radius 3 is 2.25 bits per heavy atom. The summed E-state index contributed by atoms with van der Waals surface area (Å²) in [4.78, 5) is 36.7. The summed E-state index contributed by atoms with van der Waals surface area (Å²) in [5.41, 5.74) is 2.68. The van der Waals surface area contributed by atoms with Gasteiger partial charge in [-0.3, -0.25) is 9.59 Å². The third-order valence-electron chi connectivity index (χ3n) is 17.0. The predicted octanol–water partition coefficient (Wildman–Crippen LogP) is 10.7. The summed E-state index contributed by atoms with van der Waals surface area (Å²) in [6.45, 7) is 23.8. The van der Waals surface area contributed by atoms with Gasteiger partial charge in [0.25, 0.3) is 0 Å². The van der Waals surface area contributed by atoms with Crippen LogP contribution in [0.2, 0.25) is 0 Å². The SMILES string of the molecule is C=C(C)[C@@H]1CC[C@]2(COC3CCCCO3)CC[C@]3(C)[C@H](CC[C@@H]4[C@@]5(C)CC[C@H](OC(=O)C=Cc6ccc(OC(C)=O)c(OC(C)=O)c6)C(C)(C)[C@@H]5CC[C@]43C)[C@@H]12. The molecule has 1 aromatic rings. The smallest absolute Gasteiger partial charge is 0.331 e. The maximum absolute atomic E-state index is 13.4. The standard InChI is InChI=1S/C48H68O8/c1-30(2)34-19-24-48(29-53-42-12-10-11-27-52-42)26-25-46(8)35(43(34)48)15-17-39-45(7)22-21-40(44(5,6)38(45)20-23-47(39,46)9)56-41(51)18-14-33-13-16-36(54-31(3)49)37(28-33)55-32(4)50/h13-14,16,18,28,34-35,38-40,42-43H,1,10-12,15,17,19-27,29H2,2-9H3/t34-,35+,38-,39+,40-,42?,43+,45-,46+,47+,48+/m0/s1. The quantitative estimate of drug-likeness (QED) is 0.106. The number of hydrogen-bond acceptors (Lipinski definition) is 8. The van der Waals surface area contributed by atoms with Gasteiger partial charge in [-0.25, -0.2) is 4.79 Å². The van der Waals surface area contributed by atoms with Gasteiger partial charge in [0.1, 0.15) is 6.10 Å². The van der Waals surface area contributed by atoms with Crippen LogP contribution in [-0.4, -0.2) is 43.5 Å². The summed E-state index contributed by atoms with van der Waals surface area (Å²) < 4.78 is 29.5. The molecular weight excluding hydrogens is 705 g/mol. The fraction of sp³-hybridized carbons (Fsp3) is 0.729. The first-order valence-corrected chi connectivity index (χ1v) is 21.7. The van der Waals surface area contributed by atoms with Crippen molar-refractivity contribution in [3.63, 3.8) is 0 Å². The molecule has 0 aromatic heterocycles. The Hall–Kier alpha value is -2.97. The Balaban J connectivity index is 1.06. The van der Waals surface area contributed by atoms with Crippen molar-refractivity contribution in [2.75, 3.05) is 13.2 Å². The van der Waals surface area contributed by atoms with Crippen molar-refractivity contribution in [1.82, 2.24) is 0 Å². The monoisotopic (exact) mass is 772 g/mol. The molecule has 6 fully saturated rings. The Morgan fingerprint density at radius 1 is 0.804 bits per heavy atom. The minimum absolute atomic E-state index is 0.0394. The van der Waals surface area contributed by atoms with E-state index in [4.69, 9.17) is 23.7 Å². The van der Waals surface area contributed by atoms with E-state index in [1.54, 1.807) is 24.3 Å². The maximum Gasteiger partial charge on any atom is 0.331 e. The second kappa shape index (κ2) is 15.3. The minimum Gasteiger partial charge on any atom is -0.459 e. The Kier molecular flexibility index (Phi) is 11.3. The lowest BCUT2D eigenvalue weighted by Gasteiger charge is -2.73. The number of fused-ring (bicyclic) bond motifs is 7. The van der Waals surface area contributed by atoms with Crippen molar-refractivity contribution in [2.45, 2.75) is 151 Å². The molecule has 0 N–H and O–H groups in total. The summed E-state index contributed by atoms with van der Waals surface area (Å²) in [5, 5.41) is 0. The highest BCUT2D eigenvalue weighted by Gasteiger charge is 2.71. The van der Waals surface area contributed by atoms with Crippen LogP contribution < -0.4 is 9.47 Å². The molecule has 56 heavy (non-hydrogen) atoms. The third kappa shape index (κ3) is 7.11. The first kappa shape index (κ1) is 41.2. The average Bonchev–Trinajstić information content (AvgIpc) is 3.53. The van der Waals surface area contributed by atoms with Crippen LogP contribution in [0.5, 0.6) is 11.5 Å². The van der Waals surface area contributed by atoms with E-state index < -0.39 is 11.9 Å². The molecule has 1 aliphatic heterocycles. The molecule has 1 saturated heterocycles. The molecule has 8 nitrogen and oxygen atoms in total. The van der Waals surface area contributed by atoms with E-state index in [1.807, 2.05) is 0 Å². The van der Waals surface area contributed by atoms with Gasteiger partial charge in [0, 0.05) is 31.9 Å². The summed E-state index contributed by atoms with van der Waals surface area (Å²) in [6.07, 6.45) is 18.0. The molecule has 1 aromatic carbocycles. The topological polar surface area (TPSA) is 97.4 Å². The van der Waals surface area contributed by atoms with E-state index in [-0.39, 0.29) is 56.9 Å². The molecule has 8 heteroatoms. The lowest BCUT2D eigenvalue weighted by molar-refractivity contribution is -0.257. The zero-order valence-electron chi connectivity index (χ0n) is 35.5. The fourth-order valence-electron chi connectivity index (χ4n) is 14.3. The first-order valence-electron chi connectivity index (χ1n) is 21.7. The van der Waals surface area contributed by atoms with E-state index in [9.17, 15) is 14.4 Å². The molecule has 0 spiro atoms. The third-order valence-corrected chi connectivity index (χ3v) is 17.0. The Morgan fingerprint density at radius 2 is 1.55 bits per heavy atom. The molecule has 0 amide bonds. The van der Waals surface area contributed by atoms with E-state index in [0.29, 0.717) is 35.2 Å². The number of carbonyl (C=O) groups excluding carboxylic acids is 3. The van der Waals surface area contributed by atoms with Gasteiger partial charge in [-0.15, -0.1) is 0 Å². The molecule has 308 valence electrons. The maximum atomic E-state index is 13.4. The molecule has 5 saturated carbocycles. The molecule has 0 bridgehead atoms. The lowest BCUT2D eigenvalue weighted by atomic mass is 9.32. The number of hydrogen-bond donors (Lipinski definition) is 0. The number of allylic oxidation sites excluding steroid dienone is 1. The van der Waals surface area contributed by atoms with Crippen LogP contribution in [0.4, 0.5) is 0 Å². The van der Waals surface area contributed by atoms with Gasteiger partial charge >= 0.3 is 17.9 Å². The summed E-state index contributed by atoms with van der Waals surface area (Å²) >= 11 is 0. The van der Waals surface area contributed by atoms with Crippen LogP contribution >= 0.6 is 0 Å². The van der Waals surface area contributed by atoms with Gasteiger partial charge in [0.15, 0.2) is 17.8 Å². The Bertz CT molecular complexity index is 1720. The van der Waals surface area contributed by atoms with Crippen molar-refractivity contribution in [3.05, 3.63) is 42.0 Å². The average molecular weight is 773 g/mol. The number of ether oxygens (including phenoxy) is 5. The van der Waals surface area contributed by atoms with Crippen LogP contribution in [0, 0.1) is 56.7 Å². The van der Waals surface area contributed by atoms with E-state index >= 15 is 0 Å². The number of esters is 3. The highest BCUT2D eigenvalue weighted by molar-refractivity contribution is 5.87. The highest BCUT2D eigenvalue weighted by Crippen LogP contribution is 2.77. The van der Waals surface area contributed by atoms with Crippen molar-refractivity contribution >= 4 is 24.0 Å². The number of rotatable bonds is 9. The molecule has 0 radical (unpaired) electrons. The molecule has 1 heterocycles. The molecule has 1 unspecified atom stereocenters. The largest absolute Gasteiger partial charge is 0.459 e. The number of carbonyl (C=O) groups is 3. The first-order chi connectivity index (χ1) is 26.4. The van der Waals surface area contributed by atoms with Gasteiger partial charge in [-0.05, 0) is 165 Å². The number of benzene rings is 1. The zero-order chi connectivity index (χ0) is 40.3. The Labute approximate surface area is 335 Å². The lowest BCUT2D eigenvalue weighted by Crippen LogP contribution is -2.67. The summed E-state index contributed by atoms with van der Waals surface area (Å²) in [6, 6.07) is 4.84. The second-order valence-corrected chi connectivity index (χ2v) is 20.2. The van der Waals surface area contributed by atoms with E-state index in [2.05, 4.69) is 48.1 Å². The van der Waals surface area contributed by atoms with Gasteiger partial charge in [-0.2, -0.15) is 0 Å². The van der Waals surface area contributed by atoms with Crippen LogP contribution in [0.15, 0.2) is 36.4 Å². The molecular formula is C48H68O8. The molecule has 11 atom stereocenters. The van der Waals surface area contributed by atoms with Crippen LogP contribution in [0.25, 0.3) is 6.08 Å². The minimum atomic E-state index is -0.535. The van der Waals surface area contributed by atoms with Crippen LogP contribution in [0.1, 0.15) is 144 Å². The second-order valence-electron chi connectivity index (χ2n) is 20.2. The van der Waals surface area contributed by atoms with E-state index in [1.165, 1.54) is 76.9 Å². The van der Waals surface area contributed by atoms with Gasteiger partial charge in [0.05, 0.1) is 6.61 Å². The normalized spacial score (nSPS) is 40.0. The predicted molar refractivity (Wildman–Crippen MR) is 216 cm³/mol.